The number of halogens is 1. The van der Waals surface area contributed by atoms with Gasteiger partial charge >= 0.3 is 0 Å². The maximum absolute atomic E-state index is 3.98. The molecule has 0 aliphatic carbocycles. The number of hydrogen-bond donors (Lipinski definition) is 0. The van der Waals surface area contributed by atoms with Gasteiger partial charge in [-0.25, -0.2) is 0 Å². The van der Waals surface area contributed by atoms with Crippen molar-refractivity contribution in [2.75, 3.05) is 14.1 Å². The van der Waals surface area contributed by atoms with E-state index in [1.165, 1.54) is 19.8 Å². The smallest absolute Gasteiger partial charge is 0.0702 e. The molecule has 0 saturated carbocycles. The minimum atomic E-state index is 0.301. The van der Waals surface area contributed by atoms with E-state index in [-0.39, 0.29) is 0 Å². The first-order chi connectivity index (χ1) is 8.99. The van der Waals surface area contributed by atoms with Crippen molar-refractivity contribution in [1.82, 2.24) is 4.90 Å². The van der Waals surface area contributed by atoms with Crippen LogP contribution in [-0.4, -0.2) is 19.0 Å². The van der Waals surface area contributed by atoms with Gasteiger partial charge < -0.3 is 0 Å². The Labute approximate surface area is 127 Å². The number of hydrogen-bond acceptors (Lipinski definition) is 2. The van der Waals surface area contributed by atoms with Gasteiger partial charge in [0, 0.05) is 4.88 Å². The zero-order chi connectivity index (χ0) is 14.0. The van der Waals surface area contributed by atoms with Gasteiger partial charge in [-0.05, 0) is 60.2 Å². The van der Waals surface area contributed by atoms with Crippen LogP contribution in [0.3, 0.4) is 0 Å². The predicted octanol–water partition coefficient (Wildman–Crippen LogP) is 5.19. The van der Waals surface area contributed by atoms with Crippen molar-refractivity contribution in [3.8, 4) is 0 Å². The highest BCUT2D eigenvalue weighted by molar-refractivity contribution is 9.11. The molecule has 19 heavy (non-hydrogen) atoms. The third-order valence-electron chi connectivity index (χ3n) is 3.10. The highest BCUT2D eigenvalue weighted by Crippen LogP contribution is 2.34. The molecule has 0 amide bonds. The second kappa shape index (κ2) is 6.04. The van der Waals surface area contributed by atoms with E-state index in [0.717, 1.165) is 5.57 Å². The monoisotopic (exact) mass is 335 g/mol. The van der Waals surface area contributed by atoms with Gasteiger partial charge in [0.1, 0.15) is 0 Å². The molecule has 100 valence electrons. The van der Waals surface area contributed by atoms with E-state index in [1.54, 1.807) is 11.3 Å². The molecule has 3 heteroatoms. The Bertz CT molecular complexity index is 569. The summed E-state index contributed by atoms with van der Waals surface area (Å²) in [6.07, 6.45) is 0. The van der Waals surface area contributed by atoms with Crippen LogP contribution in [0.25, 0.3) is 5.57 Å². The molecule has 0 aliphatic heterocycles. The Kier molecular flexibility index (Phi) is 4.61. The number of nitrogens with zero attached hydrogens (tertiary/aromatic N) is 1. The van der Waals surface area contributed by atoms with Crippen molar-refractivity contribution in [2.45, 2.75) is 13.0 Å². The Morgan fingerprint density at radius 3 is 2.21 bits per heavy atom. The molecule has 0 aliphatic rings. The second-order valence-corrected chi connectivity index (χ2v) is 7.40. The van der Waals surface area contributed by atoms with Crippen molar-refractivity contribution < 1.29 is 0 Å². The molecular weight excluding hydrogens is 318 g/mol. The van der Waals surface area contributed by atoms with Crippen LogP contribution in [0.1, 0.15) is 29.0 Å². The molecular formula is C16H18BrNS. The maximum atomic E-state index is 3.98. The van der Waals surface area contributed by atoms with Gasteiger partial charge in [0.2, 0.25) is 0 Å². The van der Waals surface area contributed by atoms with E-state index in [2.05, 4.69) is 77.9 Å². The fraction of sp³-hybridized carbons (Fsp3) is 0.250. The molecule has 2 rings (SSSR count). The Morgan fingerprint density at radius 2 is 1.79 bits per heavy atom. The van der Waals surface area contributed by atoms with Crippen LogP contribution < -0.4 is 0 Å². The van der Waals surface area contributed by atoms with Crippen LogP contribution in [-0.2, 0) is 0 Å². The van der Waals surface area contributed by atoms with Crippen molar-refractivity contribution in [1.29, 1.82) is 0 Å². The summed E-state index contributed by atoms with van der Waals surface area (Å²) >= 11 is 5.33. The van der Waals surface area contributed by atoms with Gasteiger partial charge in [-0.3, -0.25) is 4.90 Å². The standard InChI is InChI=1S/C16H18BrNS/c1-11(2)12-5-7-13(8-6-12)16(18(3)4)14-9-10-15(17)19-14/h5-10,16H,1H2,2-4H3. The molecule has 1 unspecified atom stereocenters. The van der Waals surface area contributed by atoms with Crippen LogP contribution in [0.15, 0.2) is 46.8 Å². The van der Waals surface area contributed by atoms with Crippen molar-refractivity contribution in [3.63, 3.8) is 0 Å². The summed E-state index contributed by atoms with van der Waals surface area (Å²) < 4.78 is 1.17. The quantitative estimate of drug-likeness (QED) is 0.742. The molecule has 0 N–H and O–H groups in total. The number of thiophene rings is 1. The van der Waals surface area contributed by atoms with Crippen molar-refractivity contribution in [3.05, 3.63) is 62.8 Å². The van der Waals surface area contributed by atoms with Gasteiger partial charge in [0.25, 0.3) is 0 Å². The fourth-order valence-corrected chi connectivity index (χ4v) is 3.79. The summed E-state index contributed by atoms with van der Waals surface area (Å²) in [7, 11) is 4.23. The number of rotatable bonds is 4. The SMILES string of the molecule is C=C(C)c1ccc(C(c2ccc(Br)s2)N(C)C)cc1. The molecule has 1 aromatic heterocycles. The first-order valence-electron chi connectivity index (χ1n) is 6.16. The van der Waals surface area contributed by atoms with Gasteiger partial charge in [-0.15, -0.1) is 11.3 Å². The van der Waals surface area contributed by atoms with E-state index in [4.69, 9.17) is 0 Å². The predicted molar refractivity (Wildman–Crippen MR) is 88.7 cm³/mol. The molecule has 0 radical (unpaired) electrons. The maximum Gasteiger partial charge on any atom is 0.0702 e. The minimum absolute atomic E-state index is 0.301. The average molecular weight is 336 g/mol. The molecule has 1 aromatic carbocycles. The second-order valence-electron chi connectivity index (χ2n) is 4.91. The lowest BCUT2D eigenvalue weighted by atomic mass is 10.0. The number of allylic oxidation sites excluding steroid dienone is 1. The van der Waals surface area contributed by atoms with E-state index in [9.17, 15) is 0 Å². The first kappa shape index (κ1) is 14.5. The van der Waals surface area contributed by atoms with Gasteiger partial charge in [-0.2, -0.15) is 0 Å². The highest BCUT2D eigenvalue weighted by atomic mass is 79.9. The Balaban J connectivity index is 2.37. The lowest BCUT2D eigenvalue weighted by Gasteiger charge is -2.24. The summed E-state index contributed by atoms with van der Waals surface area (Å²) in [5.74, 6) is 0. The lowest BCUT2D eigenvalue weighted by molar-refractivity contribution is 0.346. The van der Waals surface area contributed by atoms with Crippen LogP contribution in [0, 0.1) is 0 Å². The molecule has 1 heterocycles. The molecule has 0 fully saturated rings. The van der Waals surface area contributed by atoms with E-state index < -0.39 is 0 Å². The van der Waals surface area contributed by atoms with Crippen molar-refractivity contribution >= 4 is 32.8 Å². The fourth-order valence-electron chi connectivity index (χ4n) is 2.14. The van der Waals surface area contributed by atoms with Gasteiger partial charge in [0.05, 0.1) is 9.83 Å². The van der Waals surface area contributed by atoms with Crippen LogP contribution >= 0.6 is 27.3 Å². The van der Waals surface area contributed by atoms with Crippen LogP contribution in [0.2, 0.25) is 0 Å². The van der Waals surface area contributed by atoms with Gasteiger partial charge in [-0.1, -0.05) is 36.4 Å². The summed E-state index contributed by atoms with van der Waals surface area (Å²) in [5, 5.41) is 0. The van der Waals surface area contributed by atoms with E-state index in [0.29, 0.717) is 6.04 Å². The minimum Gasteiger partial charge on any atom is -0.298 e. The van der Waals surface area contributed by atoms with Crippen LogP contribution in [0.5, 0.6) is 0 Å². The topological polar surface area (TPSA) is 3.24 Å². The number of benzene rings is 1. The Hall–Kier alpha value is -0.900. The highest BCUT2D eigenvalue weighted by Gasteiger charge is 2.18. The van der Waals surface area contributed by atoms with Crippen LogP contribution in [0.4, 0.5) is 0 Å². The normalized spacial score (nSPS) is 12.7. The zero-order valence-electron chi connectivity index (χ0n) is 11.5. The first-order valence-corrected chi connectivity index (χ1v) is 7.77. The molecule has 0 bridgehead atoms. The summed E-state index contributed by atoms with van der Waals surface area (Å²) in [6.45, 7) is 6.02. The molecule has 1 atom stereocenters. The molecule has 0 spiro atoms. The van der Waals surface area contributed by atoms with Crippen molar-refractivity contribution in [2.24, 2.45) is 0 Å². The summed E-state index contributed by atoms with van der Waals surface area (Å²) in [4.78, 5) is 3.59. The van der Waals surface area contributed by atoms with Gasteiger partial charge in [0.15, 0.2) is 0 Å². The summed E-state index contributed by atoms with van der Waals surface area (Å²) in [5.41, 5.74) is 3.62. The molecule has 0 saturated heterocycles. The third-order valence-corrected chi connectivity index (χ3v) is 4.78. The largest absolute Gasteiger partial charge is 0.298 e. The summed E-state index contributed by atoms with van der Waals surface area (Å²) in [6, 6.07) is 13.3. The molecule has 2 aromatic rings. The molecule has 1 nitrogen and oxygen atoms in total. The van der Waals surface area contributed by atoms with E-state index >= 15 is 0 Å². The average Bonchev–Trinajstić information content (AvgIpc) is 2.76. The van der Waals surface area contributed by atoms with E-state index in [1.807, 2.05) is 6.92 Å². The Morgan fingerprint density at radius 1 is 1.16 bits per heavy atom. The third kappa shape index (κ3) is 3.35. The lowest BCUT2D eigenvalue weighted by Crippen LogP contribution is -2.20. The zero-order valence-corrected chi connectivity index (χ0v) is 13.9.